The number of hydrogen-bond donors (Lipinski definition) is 2. The molecule has 2 N–H and O–H groups in total. The molecule has 1 aromatic carbocycles. The minimum Gasteiger partial charge on any atom is -0.398 e. The van der Waals surface area contributed by atoms with Crippen LogP contribution in [0.25, 0.3) is 0 Å². The van der Waals surface area contributed by atoms with Crippen molar-refractivity contribution in [3.63, 3.8) is 0 Å². The quantitative estimate of drug-likeness (QED) is 0.436. The lowest BCUT2D eigenvalue weighted by molar-refractivity contribution is -0.0328. The van der Waals surface area contributed by atoms with Crippen LogP contribution < -0.4 is 5.73 Å². The predicted octanol–water partition coefficient (Wildman–Crippen LogP) is 3.17. The Morgan fingerprint density at radius 1 is 1.31 bits per heavy atom. The van der Waals surface area contributed by atoms with E-state index in [0.29, 0.717) is 4.90 Å². The van der Waals surface area contributed by atoms with Gasteiger partial charge in [-0.25, -0.2) is 0 Å². The van der Waals surface area contributed by atoms with Crippen LogP contribution in [0.15, 0.2) is 28.0 Å². The second kappa shape index (κ2) is 3.71. The molecular weight excluding hydrogens is 219 g/mol. The van der Waals surface area contributed by atoms with Crippen molar-refractivity contribution in [3.05, 3.63) is 18.2 Å². The van der Waals surface area contributed by atoms with Crippen LogP contribution in [0.4, 0.5) is 18.9 Å². The van der Waals surface area contributed by atoms with Crippen molar-refractivity contribution < 1.29 is 13.2 Å². The molecule has 0 spiro atoms. The molecule has 0 fully saturated rings. The third kappa shape index (κ3) is 3.40. The molecule has 0 aliphatic rings. The number of rotatable bonds is 1. The summed E-state index contributed by atoms with van der Waals surface area (Å²) < 4.78 is 35.6. The number of benzene rings is 1. The van der Waals surface area contributed by atoms with Crippen LogP contribution >= 0.6 is 24.4 Å². The third-order valence-electron chi connectivity index (χ3n) is 1.23. The fourth-order valence-corrected chi connectivity index (χ4v) is 1.46. The van der Waals surface area contributed by atoms with E-state index in [1.165, 1.54) is 18.2 Å². The molecular formula is C7H6F3NS2. The summed E-state index contributed by atoms with van der Waals surface area (Å²) in [5, 5.41) is 0. The van der Waals surface area contributed by atoms with Crippen molar-refractivity contribution in [2.45, 2.75) is 15.3 Å². The third-order valence-corrected chi connectivity index (χ3v) is 2.36. The van der Waals surface area contributed by atoms with Crippen LogP contribution in [-0.2, 0) is 0 Å². The van der Waals surface area contributed by atoms with Gasteiger partial charge in [0.1, 0.15) is 0 Å². The summed E-state index contributed by atoms with van der Waals surface area (Å²) in [6.45, 7) is 0. The van der Waals surface area contributed by atoms with Crippen LogP contribution in [-0.4, -0.2) is 5.51 Å². The van der Waals surface area contributed by atoms with E-state index in [2.05, 4.69) is 12.6 Å². The predicted molar refractivity (Wildman–Crippen MR) is 50.0 cm³/mol. The summed E-state index contributed by atoms with van der Waals surface area (Å²) in [7, 11) is 0. The average molecular weight is 225 g/mol. The van der Waals surface area contributed by atoms with E-state index in [0.717, 1.165) is 0 Å². The summed E-state index contributed by atoms with van der Waals surface area (Å²) in [6, 6.07) is 4.02. The summed E-state index contributed by atoms with van der Waals surface area (Å²) >= 11 is 3.75. The van der Waals surface area contributed by atoms with E-state index in [9.17, 15) is 13.2 Å². The fourth-order valence-electron chi connectivity index (χ4n) is 0.730. The topological polar surface area (TPSA) is 26.0 Å². The molecule has 0 amide bonds. The lowest BCUT2D eigenvalue weighted by Crippen LogP contribution is -1.99. The second-order valence-corrected chi connectivity index (χ2v) is 3.89. The van der Waals surface area contributed by atoms with Gasteiger partial charge in [0.2, 0.25) is 0 Å². The zero-order valence-electron chi connectivity index (χ0n) is 6.30. The minimum atomic E-state index is -4.27. The first-order valence-corrected chi connectivity index (χ1v) is 4.49. The molecule has 0 atom stereocenters. The highest BCUT2D eigenvalue weighted by Gasteiger charge is 2.29. The SMILES string of the molecule is Nc1cc(SC(F)(F)F)ccc1S. The van der Waals surface area contributed by atoms with Gasteiger partial charge >= 0.3 is 5.51 Å². The van der Waals surface area contributed by atoms with Crippen LogP contribution in [0, 0.1) is 0 Å². The van der Waals surface area contributed by atoms with Gasteiger partial charge in [-0.05, 0) is 30.0 Å². The van der Waals surface area contributed by atoms with Crippen molar-refractivity contribution in [2.75, 3.05) is 5.73 Å². The van der Waals surface area contributed by atoms with Gasteiger partial charge in [-0.3, -0.25) is 0 Å². The zero-order valence-corrected chi connectivity index (χ0v) is 8.01. The molecule has 0 saturated carbocycles. The number of nitrogens with two attached hydrogens (primary N) is 1. The molecule has 0 aliphatic heterocycles. The fraction of sp³-hybridized carbons (Fsp3) is 0.143. The van der Waals surface area contributed by atoms with Crippen LogP contribution in [0.5, 0.6) is 0 Å². The monoisotopic (exact) mass is 225 g/mol. The van der Waals surface area contributed by atoms with Crippen LogP contribution in [0.3, 0.4) is 0 Å². The maximum Gasteiger partial charge on any atom is 0.446 e. The molecule has 6 heteroatoms. The molecule has 0 heterocycles. The summed E-state index contributed by atoms with van der Waals surface area (Å²) in [5.74, 6) is 0. The van der Waals surface area contributed by atoms with E-state index in [-0.39, 0.29) is 22.3 Å². The Balaban J connectivity index is 2.86. The molecule has 0 saturated heterocycles. The Bertz CT molecular complexity index is 311. The highest BCUT2D eigenvalue weighted by molar-refractivity contribution is 8.00. The largest absolute Gasteiger partial charge is 0.446 e. The maximum absolute atomic E-state index is 11.9. The van der Waals surface area contributed by atoms with Gasteiger partial charge in [-0.15, -0.1) is 12.6 Å². The van der Waals surface area contributed by atoms with Gasteiger partial charge < -0.3 is 5.73 Å². The van der Waals surface area contributed by atoms with E-state index < -0.39 is 5.51 Å². The summed E-state index contributed by atoms with van der Waals surface area (Å²) in [5.41, 5.74) is 1.36. The van der Waals surface area contributed by atoms with E-state index >= 15 is 0 Å². The Morgan fingerprint density at radius 2 is 1.92 bits per heavy atom. The van der Waals surface area contributed by atoms with Crippen molar-refractivity contribution in [2.24, 2.45) is 0 Å². The number of halogens is 3. The standard InChI is InChI=1S/C7H6F3NS2/c8-7(9,10)13-4-1-2-6(12)5(11)3-4/h1-3,12H,11H2. The van der Waals surface area contributed by atoms with Gasteiger partial charge in [-0.1, -0.05) is 0 Å². The number of nitrogen functional groups attached to an aromatic ring is 1. The smallest absolute Gasteiger partial charge is 0.398 e. The highest BCUT2D eigenvalue weighted by atomic mass is 32.2. The molecule has 0 aliphatic carbocycles. The Morgan fingerprint density at radius 3 is 2.38 bits per heavy atom. The minimum absolute atomic E-state index is 0.0720. The van der Waals surface area contributed by atoms with Crippen molar-refractivity contribution in [3.8, 4) is 0 Å². The van der Waals surface area contributed by atoms with Crippen LogP contribution in [0.2, 0.25) is 0 Å². The molecule has 1 nitrogen and oxygen atoms in total. The normalized spacial score (nSPS) is 11.7. The number of thiol groups is 1. The van der Waals surface area contributed by atoms with Crippen LogP contribution in [0.1, 0.15) is 0 Å². The lowest BCUT2D eigenvalue weighted by Gasteiger charge is -2.06. The maximum atomic E-state index is 11.9. The first-order valence-electron chi connectivity index (χ1n) is 3.23. The molecule has 72 valence electrons. The van der Waals surface area contributed by atoms with Gasteiger partial charge in [-0.2, -0.15) is 13.2 Å². The first-order chi connectivity index (χ1) is 5.88. The Kier molecular flexibility index (Phi) is 3.02. The molecule has 13 heavy (non-hydrogen) atoms. The second-order valence-electron chi connectivity index (χ2n) is 2.27. The van der Waals surface area contributed by atoms with Gasteiger partial charge in [0.15, 0.2) is 0 Å². The summed E-state index contributed by atoms with van der Waals surface area (Å²) in [4.78, 5) is 0.550. The van der Waals surface area contributed by atoms with Crippen molar-refractivity contribution in [1.29, 1.82) is 0 Å². The number of anilines is 1. The number of thioether (sulfide) groups is 1. The highest BCUT2D eigenvalue weighted by Crippen LogP contribution is 2.38. The number of hydrogen-bond acceptors (Lipinski definition) is 3. The molecule has 0 aromatic heterocycles. The lowest BCUT2D eigenvalue weighted by atomic mass is 10.3. The summed E-state index contributed by atoms with van der Waals surface area (Å²) in [6.07, 6.45) is 0. The average Bonchev–Trinajstić information content (AvgIpc) is 1.94. The Hall–Kier alpha value is -0.490. The Labute approximate surface area is 82.9 Å². The van der Waals surface area contributed by atoms with Gasteiger partial charge in [0, 0.05) is 15.5 Å². The molecule has 0 radical (unpaired) electrons. The van der Waals surface area contributed by atoms with Crippen molar-refractivity contribution in [1.82, 2.24) is 0 Å². The van der Waals surface area contributed by atoms with E-state index in [1.54, 1.807) is 0 Å². The van der Waals surface area contributed by atoms with E-state index in [4.69, 9.17) is 5.73 Å². The zero-order chi connectivity index (χ0) is 10.1. The molecule has 1 aromatic rings. The van der Waals surface area contributed by atoms with Crippen molar-refractivity contribution >= 4 is 30.1 Å². The van der Waals surface area contributed by atoms with Gasteiger partial charge in [0.25, 0.3) is 0 Å². The number of alkyl halides is 3. The molecule has 0 unspecified atom stereocenters. The van der Waals surface area contributed by atoms with E-state index in [1.807, 2.05) is 0 Å². The van der Waals surface area contributed by atoms with Gasteiger partial charge in [0.05, 0.1) is 0 Å². The molecule has 1 rings (SSSR count). The molecule has 0 bridgehead atoms. The first kappa shape index (κ1) is 10.6.